The van der Waals surface area contributed by atoms with E-state index in [0.717, 1.165) is 42.2 Å². The van der Waals surface area contributed by atoms with Crippen LogP contribution in [0, 0.1) is 17.7 Å². The van der Waals surface area contributed by atoms with Gasteiger partial charge in [-0.1, -0.05) is 24.8 Å². The lowest BCUT2D eigenvalue weighted by Crippen LogP contribution is -2.13. The van der Waals surface area contributed by atoms with E-state index in [2.05, 4.69) is 45.7 Å². The molecule has 1 aliphatic heterocycles. The van der Waals surface area contributed by atoms with E-state index < -0.39 is 0 Å². The monoisotopic (exact) mass is 317 g/mol. The van der Waals surface area contributed by atoms with Gasteiger partial charge in [0.25, 0.3) is 0 Å². The van der Waals surface area contributed by atoms with Crippen molar-refractivity contribution in [3.8, 4) is 23.2 Å². The van der Waals surface area contributed by atoms with Crippen molar-refractivity contribution >= 4 is 0 Å². The number of nitrogens with zero attached hydrogens (tertiary/aromatic N) is 3. The fraction of sp³-hybridized carbons (Fsp3) is 0.200. The lowest BCUT2D eigenvalue weighted by molar-refractivity contribution is 0.627. The maximum absolute atomic E-state index is 13.2. The van der Waals surface area contributed by atoms with E-state index in [0.29, 0.717) is 5.56 Å². The lowest BCUT2D eigenvalue weighted by Gasteiger charge is -2.18. The van der Waals surface area contributed by atoms with E-state index in [1.165, 1.54) is 17.7 Å². The number of aryl methyl sites for hydroxylation is 2. The molecule has 3 nitrogen and oxygen atoms in total. The highest BCUT2D eigenvalue weighted by molar-refractivity contribution is 5.64. The predicted molar refractivity (Wildman–Crippen MR) is 90.9 cm³/mol. The van der Waals surface area contributed by atoms with Crippen LogP contribution in [0.3, 0.4) is 0 Å². The third-order valence-electron chi connectivity index (χ3n) is 4.27. The molecule has 0 atom stereocenters. The lowest BCUT2D eigenvalue weighted by atomic mass is 9.98. The van der Waals surface area contributed by atoms with E-state index in [9.17, 15) is 4.39 Å². The van der Waals surface area contributed by atoms with Gasteiger partial charge in [-0.2, -0.15) is 0 Å². The van der Waals surface area contributed by atoms with Crippen molar-refractivity contribution in [2.24, 2.45) is 0 Å². The van der Waals surface area contributed by atoms with Crippen molar-refractivity contribution < 1.29 is 4.39 Å². The van der Waals surface area contributed by atoms with Gasteiger partial charge in [0.1, 0.15) is 11.6 Å². The second-order valence-electron chi connectivity index (χ2n) is 5.83. The summed E-state index contributed by atoms with van der Waals surface area (Å²) in [7, 11) is 0. The molecule has 0 saturated heterocycles. The summed E-state index contributed by atoms with van der Waals surface area (Å²) in [6, 6.07) is 12.5. The molecule has 0 amide bonds. The second kappa shape index (κ2) is 5.93. The average Bonchev–Trinajstić information content (AvgIpc) is 3.03. The zero-order valence-electron chi connectivity index (χ0n) is 13.4. The van der Waals surface area contributed by atoms with Gasteiger partial charge in [-0.3, -0.25) is 0 Å². The summed E-state index contributed by atoms with van der Waals surface area (Å²) in [6.45, 7) is 3.00. The van der Waals surface area contributed by atoms with Gasteiger partial charge in [-0.25, -0.2) is 4.39 Å². The van der Waals surface area contributed by atoms with Crippen molar-refractivity contribution in [3.63, 3.8) is 0 Å². The minimum Gasteiger partial charge on any atom is -0.311 e. The van der Waals surface area contributed by atoms with Gasteiger partial charge in [0.2, 0.25) is 0 Å². The first-order valence-corrected chi connectivity index (χ1v) is 8.07. The highest BCUT2D eigenvalue weighted by atomic mass is 19.1. The van der Waals surface area contributed by atoms with Crippen LogP contribution >= 0.6 is 0 Å². The Morgan fingerprint density at radius 1 is 1.08 bits per heavy atom. The molecule has 118 valence electrons. The van der Waals surface area contributed by atoms with E-state index in [1.54, 1.807) is 6.07 Å². The Hall–Kier alpha value is -2.93. The third-order valence-corrected chi connectivity index (χ3v) is 4.27. The Kier molecular flexibility index (Phi) is 3.62. The smallest absolute Gasteiger partial charge is 0.164 e. The van der Waals surface area contributed by atoms with E-state index in [-0.39, 0.29) is 5.82 Å². The van der Waals surface area contributed by atoms with Crippen molar-refractivity contribution in [1.82, 2.24) is 14.8 Å². The molecule has 0 unspecified atom stereocenters. The standard InChI is InChI=1S/C20H16FN3/c1-2-19-22-23-20-18-9-8-15(12-16(18)10-11-24(19)20)7-6-14-4-3-5-17(21)13-14/h3-5,8-9,12-13H,2,10-11H2,1H3. The largest absolute Gasteiger partial charge is 0.311 e. The van der Waals surface area contributed by atoms with Gasteiger partial charge >= 0.3 is 0 Å². The first-order chi connectivity index (χ1) is 11.7. The van der Waals surface area contributed by atoms with Crippen LogP contribution < -0.4 is 0 Å². The van der Waals surface area contributed by atoms with Crippen LogP contribution in [0.4, 0.5) is 4.39 Å². The summed E-state index contributed by atoms with van der Waals surface area (Å²) < 4.78 is 15.4. The fourth-order valence-corrected chi connectivity index (χ4v) is 3.07. The molecule has 0 aliphatic carbocycles. The number of hydrogen-bond donors (Lipinski definition) is 0. The molecule has 1 aliphatic rings. The third kappa shape index (κ3) is 2.59. The van der Waals surface area contributed by atoms with Crippen LogP contribution in [0.5, 0.6) is 0 Å². The molecule has 4 rings (SSSR count). The normalized spacial score (nSPS) is 12.1. The summed E-state index contributed by atoms with van der Waals surface area (Å²) in [5, 5.41) is 8.61. The number of rotatable bonds is 1. The highest BCUT2D eigenvalue weighted by Crippen LogP contribution is 2.29. The Morgan fingerprint density at radius 2 is 1.92 bits per heavy atom. The zero-order valence-corrected chi connectivity index (χ0v) is 13.4. The first-order valence-electron chi connectivity index (χ1n) is 8.07. The molecule has 0 bridgehead atoms. The Balaban J connectivity index is 1.68. The van der Waals surface area contributed by atoms with E-state index >= 15 is 0 Å². The highest BCUT2D eigenvalue weighted by Gasteiger charge is 2.20. The van der Waals surface area contributed by atoms with Crippen molar-refractivity contribution in [1.29, 1.82) is 0 Å². The van der Waals surface area contributed by atoms with Crippen LogP contribution in [-0.4, -0.2) is 14.8 Å². The summed E-state index contributed by atoms with van der Waals surface area (Å²) >= 11 is 0. The van der Waals surface area contributed by atoms with Crippen LogP contribution in [-0.2, 0) is 19.4 Å². The molecule has 0 spiro atoms. The van der Waals surface area contributed by atoms with Gasteiger partial charge < -0.3 is 4.57 Å². The predicted octanol–water partition coefficient (Wildman–Crippen LogP) is 3.60. The van der Waals surface area contributed by atoms with Crippen molar-refractivity contribution in [2.45, 2.75) is 26.3 Å². The van der Waals surface area contributed by atoms with Gasteiger partial charge in [-0.15, -0.1) is 10.2 Å². The molecular weight excluding hydrogens is 301 g/mol. The van der Waals surface area contributed by atoms with Crippen LogP contribution in [0.15, 0.2) is 42.5 Å². The molecule has 0 radical (unpaired) electrons. The number of benzene rings is 2. The molecule has 3 aromatic rings. The maximum Gasteiger partial charge on any atom is 0.164 e. The maximum atomic E-state index is 13.2. The molecule has 0 saturated carbocycles. The molecule has 2 heterocycles. The fourth-order valence-electron chi connectivity index (χ4n) is 3.07. The summed E-state index contributed by atoms with van der Waals surface area (Å²) in [5.41, 5.74) is 3.98. The SMILES string of the molecule is CCc1nnc2n1CCc1cc(C#Cc3cccc(F)c3)ccc1-2. The number of aromatic nitrogens is 3. The first kappa shape index (κ1) is 14.6. The summed E-state index contributed by atoms with van der Waals surface area (Å²) in [4.78, 5) is 0. The minimum atomic E-state index is -0.265. The van der Waals surface area contributed by atoms with Gasteiger partial charge in [0.15, 0.2) is 5.82 Å². The minimum absolute atomic E-state index is 0.265. The van der Waals surface area contributed by atoms with Crippen LogP contribution in [0.2, 0.25) is 0 Å². The van der Waals surface area contributed by atoms with Gasteiger partial charge in [0.05, 0.1) is 0 Å². The molecule has 0 fully saturated rings. The Labute approximate surface area is 140 Å². The molecule has 0 N–H and O–H groups in total. The van der Waals surface area contributed by atoms with Crippen molar-refractivity contribution in [3.05, 3.63) is 70.8 Å². The van der Waals surface area contributed by atoms with Crippen molar-refractivity contribution in [2.75, 3.05) is 0 Å². The molecule has 24 heavy (non-hydrogen) atoms. The van der Waals surface area contributed by atoms with Gasteiger partial charge in [0, 0.05) is 29.7 Å². The number of fused-ring (bicyclic) bond motifs is 3. The quantitative estimate of drug-likeness (QED) is 0.642. The molecule has 2 aromatic carbocycles. The number of hydrogen-bond acceptors (Lipinski definition) is 2. The van der Waals surface area contributed by atoms with E-state index in [1.807, 2.05) is 12.1 Å². The van der Waals surface area contributed by atoms with Crippen LogP contribution in [0.1, 0.15) is 29.4 Å². The number of halogens is 1. The Morgan fingerprint density at radius 3 is 2.71 bits per heavy atom. The molecule has 4 heteroatoms. The molecule has 1 aromatic heterocycles. The van der Waals surface area contributed by atoms with E-state index in [4.69, 9.17) is 0 Å². The van der Waals surface area contributed by atoms with Gasteiger partial charge in [-0.05, 0) is 48.4 Å². The summed E-state index contributed by atoms with van der Waals surface area (Å²) in [5.74, 6) is 7.85. The summed E-state index contributed by atoms with van der Waals surface area (Å²) in [6.07, 6.45) is 1.84. The van der Waals surface area contributed by atoms with Crippen LogP contribution in [0.25, 0.3) is 11.4 Å². The average molecular weight is 317 g/mol. The zero-order chi connectivity index (χ0) is 16.5. The topological polar surface area (TPSA) is 30.7 Å². The molecular formula is C20H16FN3. The second-order valence-corrected chi connectivity index (χ2v) is 5.83. The Bertz CT molecular complexity index is 976.